The van der Waals surface area contributed by atoms with E-state index in [0.717, 1.165) is 0 Å². The van der Waals surface area contributed by atoms with Crippen LogP contribution in [0.1, 0.15) is 5.56 Å². The van der Waals surface area contributed by atoms with Gasteiger partial charge in [-0.1, -0.05) is 12.1 Å². The quantitative estimate of drug-likeness (QED) is 0.894. The van der Waals surface area contributed by atoms with E-state index < -0.39 is 10.0 Å². The van der Waals surface area contributed by atoms with E-state index in [0.29, 0.717) is 6.54 Å². The molecule has 98 valence electrons. The predicted molar refractivity (Wildman–Crippen MR) is 70.8 cm³/mol. The molecule has 5 nitrogen and oxygen atoms in total. The summed E-state index contributed by atoms with van der Waals surface area (Å²) in [6.45, 7) is 0.817. The molecule has 1 aromatic heterocycles. The fraction of sp³-hybridized carbons (Fsp3) is 0.154. The molecule has 6 heteroatoms. The molecule has 0 aliphatic carbocycles. The van der Waals surface area contributed by atoms with Gasteiger partial charge in [-0.15, -0.1) is 0 Å². The maximum Gasteiger partial charge on any atom is 0.241 e. The lowest BCUT2D eigenvalue weighted by molar-refractivity contribution is 0.573. The van der Waals surface area contributed by atoms with Gasteiger partial charge < -0.3 is 4.57 Å². The number of hydrogen-bond donors (Lipinski definition) is 1. The fourth-order valence-corrected chi connectivity index (χ4v) is 2.88. The molecule has 0 bridgehead atoms. The highest BCUT2D eigenvalue weighted by Crippen LogP contribution is 2.13. The average molecular weight is 275 g/mol. The minimum Gasteiger partial charge on any atom is -0.353 e. The Hall–Kier alpha value is -2.10. The lowest BCUT2D eigenvalue weighted by atomic mass is 10.2. The van der Waals surface area contributed by atoms with Crippen LogP contribution in [0.2, 0.25) is 0 Å². The van der Waals surface area contributed by atoms with Gasteiger partial charge in [0.15, 0.2) is 0 Å². The summed E-state index contributed by atoms with van der Waals surface area (Å²) in [7, 11) is -3.64. The lowest BCUT2D eigenvalue weighted by Gasteiger charge is -2.08. The third-order valence-electron chi connectivity index (χ3n) is 2.63. The maximum absolute atomic E-state index is 12.1. The molecule has 0 aliphatic rings. The van der Waals surface area contributed by atoms with Gasteiger partial charge in [-0.3, -0.25) is 0 Å². The Kier molecular flexibility index (Phi) is 4.00. The summed E-state index contributed by atoms with van der Waals surface area (Å²) in [6.07, 6.45) is 3.72. The topological polar surface area (TPSA) is 74.9 Å². The van der Waals surface area contributed by atoms with Gasteiger partial charge in [0, 0.05) is 25.5 Å². The van der Waals surface area contributed by atoms with Crippen LogP contribution in [0.15, 0.2) is 53.7 Å². The van der Waals surface area contributed by atoms with Crippen molar-refractivity contribution >= 4 is 10.0 Å². The van der Waals surface area contributed by atoms with Crippen molar-refractivity contribution in [1.29, 1.82) is 5.26 Å². The van der Waals surface area contributed by atoms with Crippen LogP contribution in [0, 0.1) is 11.3 Å². The predicted octanol–water partition coefficient (Wildman–Crippen LogP) is 1.34. The Balaban J connectivity index is 2.08. The molecule has 1 N–H and O–H groups in total. The molecule has 19 heavy (non-hydrogen) atoms. The molecule has 0 fully saturated rings. The first-order chi connectivity index (χ1) is 9.13. The van der Waals surface area contributed by atoms with E-state index >= 15 is 0 Å². The number of rotatable bonds is 5. The molecule has 0 spiro atoms. The van der Waals surface area contributed by atoms with Gasteiger partial charge >= 0.3 is 0 Å². The molecule has 0 atom stereocenters. The summed E-state index contributed by atoms with van der Waals surface area (Å²) in [4.78, 5) is 0.0185. The molecule has 0 radical (unpaired) electrons. The lowest BCUT2D eigenvalue weighted by Crippen LogP contribution is -2.27. The van der Waals surface area contributed by atoms with Crippen LogP contribution in [0.5, 0.6) is 0 Å². The fourth-order valence-electron chi connectivity index (χ4n) is 1.70. The van der Waals surface area contributed by atoms with Crippen molar-refractivity contribution in [1.82, 2.24) is 9.29 Å². The van der Waals surface area contributed by atoms with Crippen molar-refractivity contribution in [2.75, 3.05) is 6.54 Å². The van der Waals surface area contributed by atoms with Gasteiger partial charge in [0.05, 0.1) is 10.5 Å². The highest BCUT2D eigenvalue weighted by molar-refractivity contribution is 7.89. The zero-order valence-corrected chi connectivity index (χ0v) is 11.0. The van der Waals surface area contributed by atoms with E-state index in [1.807, 2.05) is 35.2 Å². The van der Waals surface area contributed by atoms with E-state index in [1.165, 1.54) is 12.1 Å². The van der Waals surface area contributed by atoms with Gasteiger partial charge in [0.2, 0.25) is 10.0 Å². The number of nitrogens with one attached hydrogen (secondary N) is 1. The van der Waals surface area contributed by atoms with Crippen LogP contribution in [0.4, 0.5) is 0 Å². The van der Waals surface area contributed by atoms with Crippen LogP contribution < -0.4 is 4.72 Å². The van der Waals surface area contributed by atoms with Gasteiger partial charge in [-0.05, 0) is 24.3 Å². The second-order valence-electron chi connectivity index (χ2n) is 3.93. The molecule has 0 amide bonds. The molecular weight excluding hydrogens is 262 g/mol. The molecule has 0 saturated heterocycles. The van der Waals surface area contributed by atoms with E-state index in [2.05, 4.69) is 4.72 Å². The zero-order chi connectivity index (χ0) is 13.7. The number of hydrogen-bond acceptors (Lipinski definition) is 3. The van der Waals surface area contributed by atoms with Crippen LogP contribution in [0.25, 0.3) is 0 Å². The number of nitriles is 1. The molecule has 1 aromatic carbocycles. The number of sulfonamides is 1. The molecular formula is C13H13N3O2S. The summed E-state index contributed by atoms with van der Waals surface area (Å²) >= 11 is 0. The third kappa shape index (κ3) is 3.22. The van der Waals surface area contributed by atoms with E-state index in [-0.39, 0.29) is 17.0 Å². The van der Waals surface area contributed by atoms with Gasteiger partial charge in [0.25, 0.3) is 0 Å². The van der Waals surface area contributed by atoms with E-state index in [4.69, 9.17) is 5.26 Å². The number of nitrogens with zero attached hydrogens (tertiary/aromatic N) is 2. The Labute approximate surface area is 112 Å². The smallest absolute Gasteiger partial charge is 0.241 e. The first-order valence-corrected chi connectivity index (χ1v) is 7.21. The maximum atomic E-state index is 12.1. The van der Waals surface area contributed by atoms with Gasteiger partial charge in [-0.2, -0.15) is 5.26 Å². The summed E-state index contributed by atoms with van der Waals surface area (Å²) in [5, 5.41) is 8.91. The molecule has 2 aromatic rings. The first kappa shape index (κ1) is 13.3. The van der Waals surface area contributed by atoms with Crippen molar-refractivity contribution in [3.05, 3.63) is 54.4 Å². The van der Waals surface area contributed by atoms with E-state index in [1.54, 1.807) is 12.1 Å². The zero-order valence-electron chi connectivity index (χ0n) is 10.2. The van der Waals surface area contributed by atoms with Crippen molar-refractivity contribution < 1.29 is 8.42 Å². The standard InChI is InChI=1S/C13H13N3O2S/c14-11-12-5-1-2-6-13(12)19(17,18)15-7-10-16-8-3-4-9-16/h1-6,8-9,15H,7,10H2. The van der Waals surface area contributed by atoms with Gasteiger partial charge in [0.1, 0.15) is 6.07 Å². The van der Waals surface area contributed by atoms with Crippen LogP contribution in [-0.4, -0.2) is 19.5 Å². The summed E-state index contributed by atoms with van der Waals surface area (Å²) in [5.41, 5.74) is 0.149. The van der Waals surface area contributed by atoms with E-state index in [9.17, 15) is 8.42 Å². The number of aromatic nitrogens is 1. The Morgan fingerprint density at radius 3 is 2.53 bits per heavy atom. The summed E-state index contributed by atoms with van der Waals surface area (Å²) in [5.74, 6) is 0. The minimum atomic E-state index is -3.64. The van der Waals surface area contributed by atoms with Crippen molar-refractivity contribution in [3.8, 4) is 6.07 Å². The molecule has 2 rings (SSSR count). The Morgan fingerprint density at radius 2 is 1.84 bits per heavy atom. The number of benzene rings is 1. The molecule has 0 aliphatic heterocycles. The van der Waals surface area contributed by atoms with Crippen LogP contribution >= 0.6 is 0 Å². The average Bonchev–Trinajstić information content (AvgIpc) is 2.91. The van der Waals surface area contributed by atoms with Crippen molar-refractivity contribution in [3.63, 3.8) is 0 Å². The minimum absolute atomic E-state index is 0.0185. The highest BCUT2D eigenvalue weighted by atomic mass is 32.2. The van der Waals surface area contributed by atoms with Gasteiger partial charge in [-0.25, -0.2) is 13.1 Å². The van der Waals surface area contributed by atoms with Crippen LogP contribution in [0.3, 0.4) is 0 Å². The largest absolute Gasteiger partial charge is 0.353 e. The first-order valence-electron chi connectivity index (χ1n) is 5.73. The SMILES string of the molecule is N#Cc1ccccc1S(=O)(=O)NCCn1cccc1. The normalized spacial score (nSPS) is 11.1. The second kappa shape index (κ2) is 5.69. The van der Waals surface area contributed by atoms with Crippen LogP contribution in [-0.2, 0) is 16.6 Å². The molecule has 1 heterocycles. The van der Waals surface area contributed by atoms with Crippen molar-refractivity contribution in [2.24, 2.45) is 0 Å². The third-order valence-corrected chi connectivity index (χ3v) is 4.14. The monoisotopic (exact) mass is 275 g/mol. The highest BCUT2D eigenvalue weighted by Gasteiger charge is 2.17. The van der Waals surface area contributed by atoms with Crippen molar-refractivity contribution in [2.45, 2.75) is 11.4 Å². The summed E-state index contributed by atoms with van der Waals surface area (Å²) < 4.78 is 28.5. The molecule has 0 saturated carbocycles. The summed E-state index contributed by atoms with van der Waals surface area (Å²) in [6, 6.07) is 11.8. The Morgan fingerprint density at radius 1 is 1.16 bits per heavy atom. The molecule has 0 unspecified atom stereocenters. The second-order valence-corrected chi connectivity index (χ2v) is 5.66. The Bertz CT molecular complexity index is 685.